The lowest BCUT2D eigenvalue weighted by Gasteiger charge is -2.41. The number of nitrogens with two attached hydrogens (primary N) is 1. The minimum atomic E-state index is -0.427. The summed E-state index contributed by atoms with van der Waals surface area (Å²) in [5.74, 6) is -0.291. The van der Waals surface area contributed by atoms with Crippen molar-refractivity contribution in [1.29, 1.82) is 0 Å². The van der Waals surface area contributed by atoms with E-state index in [-0.39, 0.29) is 17.3 Å². The van der Waals surface area contributed by atoms with E-state index < -0.39 is 5.91 Å². The Morgan fingerprint density at radius 2 is 1.70 bits per heavy atom. The first-order valence-electron chi connectivity index (χ1n) is 10.4. The van der Waals surface area contributed by atoms with Crippen LogP contribution in [0.4, 0.5) is 0 Å². The smallest absolute Gasteiger partial charge is 0.257 e. The average molecular weight is 422 g/mol. The number of rotatable bonds is 6. The second-order valence-corrected chi connectivity index (χ2v) is 8.96. The van der Waals surface area contributed by atoms with Crippen LogP contribution in [0.1, 0.15) is 30.9 Å². The number of primary amides is 1. The Balaban J connectivity index is 1.57. The van der Waals surface area contributed by atoms with E-state index in [4.69, 9.17) is 5.73 Å². The SMILES string of the molecule is CC1=C(C(N)=O)SC(N2CCCC(Cc3ccccc3)C2=O)N1Cc1ccccc1. The Morgan fingerprint density at radius 1 is 1.07 bits per heavy atom. The van der Waals surface area contributed by atoms with E-state index in [1.165, 1.54) is 17.3 Å². The molecule has 0 aliphatic carbocycles. The summed E-state index contributed by atoms with van der Waals surface area (Å²) in [6, 6.07) is 20.3. The standard InChI is InChI=1S/C24H27N3O2S/c1-17-21(22(25)28)30-24(27(17)16-19-11-6-3-7-12-19)26-14-8-13-20(23(26)29)15-18-9-4-2-5-10-18/h2-7,9-12,20,24H,8,13-16H2,1H3,(H2,25,28). The van der Waals surface area contributed by atoms with Crippen LogP contribution >= 0.6 is 11.8 Å². The second kappa shape index (κ2) is 8.96. The molecule has 2 aliphatic rings. The summed E-state index contributed by atoms with van der Waals surface area (Å²) in [7, 11) is 0. The molecular weight excluding hydrogens is 394 g/mol. The van der Waals surface area contributed by atoms with Crippen molar-refractivity contribution in [2.75, 3.05) is 6.54 Å². The molecule has 6 heteroatoms. The molecule has 4 rings (SSSR count). The van der Waals surface area contributed by atoms with Crippen molar-refractivity contribution in [3.05, 3.63) is 82.4 Å². The molecule has 2 aromatic rings. The molecule has 2 aromatic carbocycles. The summed E-state index contributed by atoms with van der Waals surface area (Å²) in [5.41, 5.74) is 8.58. The fourth-order valence-electron chi connectivity index (χ4n) is 4.28. The van der Waals surface area contributed by atoms with Crippen molar-refractivity contribution < 1.29 is 9.59 Å². The Morgan fingerprint density at radius 3 is 2.33 bits per heavy atom. The minimum Gasteiger partial charge on any atom is -0.365 e. The number of thioether (sulfide) groups is 1. The number of amides is 2. The molecule has 0 saturated carbocycles. The predicted octanol–water partition coefficient (Wildman–Crippen LogP) is 3.72. The lowest BCUT2D eigenvalue weighted by atomic mass is 9.90. The molecule has 0 spiro atoms. The van der Waals surface area contributed by atoms with Crippen LogP contribution in [0.3, 0.4) is 0 Å². The van der Waals surface area contributed by atoms with Gasteiger partial charge in [0.1, 0.15) is 0 Å². The molecule has 0 bridgehead atoms. The van der Waals surface area contributed by atoms with Gasteiger partial charge in [-0.15, -0.1) is 0 Å². The van der Waals surface area contributed by atoms with Crippen LogP contribution < -0.4 is 5.73 Å². The Bertz CT molecular complexity index is 945. The van der Waals surface area contributed by atoms with E-state index in [1.807, 2.05) is 48.2 Å². The molecule has 2 heterocycles. The molecule has 1 saturated heterocycles. The molecule has 2 unspecified atom stereocenters. The van der Waals surface area contributed by atoms with Gasteiger partial charge in [-0.3, -0.25) is 9.59 Å². The van der Waals surface area contributed by atoms with Crippen LogP contribution in [-0.2, 0) is 22.6 Å². The number of nitrogens with zero attached hydrogens (tertiary/aromatic N) is 2. The Hall–Kier alpha value is -2.73. The molecule has 2 aliphatic heterocycles. The summed E-state index contributed by atoms with van der Waals surface area (Å²) in [6.45, 7) is 3.26. The van der Waals surface area contributed by atoms with Gasteiger partial charge < -0.3 is 15.5 Å². The normalized spacial score (nSPS) is 22.0. The molecule has 2 amide bonds. The van der Waals surface area contributed by atoms with E-state index in [1.54, 1.807) is 0 Å². The fraction of sp³-hybridized carbons (Fsp3) is 0.333. The maximum Gasteiger partial charge on any atom is 0.257 e. The molecule has 2 atom stereocenters. The number of allylic oxidation sites excluding steroid dienone is 1. The highest BCUT2D eigenvalue weighted by Gasteiger charge is 2.41. The predicted molar refractivity (Wildman–Crippen MR) is 120 cm³/mol. The maximum absolute atomic E-state index is 13.4. The first-order chi connectivity index (χ1) is 14.5. The van der Waals surface area contributed by atoms with Crippen molar-refractivity contribution in [2.24, 2.45) is 11.7 Å². The number of piperidine rings is 1. The van der Waals surface area contributed by atoms with E-state index in [9.17, 15) is 9.59 Å². The summed E-state index contributed by atoms with van der Waals surface area (Å²) >= 11 is 1.41. The highest BCUT2D eigenvalue weighted by Crippen LogP contribution is 2.42. The second-order valence-electron chi connectivity index (χ2n) is 7.90. The highest BCUT2D eigenvalue weighted by molar-refractivity contribution is 8.04. The lowest BCUT2D eigenvalue weighted by Crippen LogP contribution is -2.51. The number of hydrogen-bond acceptors (Lipinski definition) is 4. The molecule has 0 aromatic heterocycles. The van der Waals surface area contributed by atoms with Gasteiger partial charge in [-0.2, -0.15) is 0 Å². The van der Waals surface area contributed by atoms with Crippen LogP contribution in [0.25, 0.3) is 0 Å². The number of likely N-dealkylation sites (tertiary alicyclic amines) is 1. The molecule has 1 fully saturated rings. The highest BCUT2D eigenvalue weighted by atomic mass is 32.2. The first-order valence-corrected chi connectivity index (χ1v) is 11.2. The average Bonchev–Trinajstić information content (AvgIpc) is 3.07. The Labute approximate surface area is 181 Å². The van der Waals surface area contributed by atoms with Gasteiger partial charge in [0.15, 0.2) is 5.50 Å². The molecule has 156 valence electrons. The van der Waals surface area contributed by atoms with Crippen LogP contribution in [-0.4, -0.2) is 33.7 Å². The van der Waals surface area contributed by atoms with Crippen molar-refractivity contribution in [2.45, 2.75) is 38.2 Å². The van der Waals surface area contributed by atoms with E-state index in [0.29, 0.717) is 18.0 Å². The van der Waals surface area contributed by atoms with Crippen molar-refractivity contribution in [3.8, 4) is 0 Å². The molecule has 0 radical (unpaired) electrons. The van der Waals surface area contributed by atoms with Gasteiger partial charge in [0.05, 0.1) is 4.91 Å². The summed E-state index contributed by atoms with van der Waals surface area (Å²) < 4.78 is 0. The van der Waals surface area contributed by atoms with Crippen LogP contribution in [0.15, 0.2) is 71.3 Å². The number of hydrogen-bond donors (Lipinski definition) is 1. The first kappa shape index (κ1) is 20.5. The van der Waals surface area contributed by atoms with E-state index >= 15 is 0 Å². The third-order valence-electron chi connectivity index (χ3n) is 5.84. The zero-order valence-corrected chi connectivity index (χ0v) is 18.0. The van der Waals surface area contributed by atoms with E-state index in [2.05, 4.69) is 29.2 Å². The summed E-state index contributed by atoms with van der Waals surface area (Å²) in [4.78, 5) is 30.1. The van der Waals surface area contributed by atoms with Gasteiger partial charge in [0, 0.05) is 24.7 Å². The quantitative estimate of drug-likeness (QED) is 0.772. The van der Waals surface area contributed by atoms with Crippen LogP contribution in [0, 0.1) is 5.92 Å². The third kappa shape index (κ3) is 4.24. The monoisotopic (exact) mass is 421 g/mol. The van der Waals surface area contributed by atoms with E-state index in [0.717, 1.165) is 30.5 Å². The Kier molecular flexibility index (Phi) is 6.13. The topological polar surface area (TPSA) is 66.6 Å². The van der Waals surface area contributed by atoms with Gasteiger partial charge >= 0.3 is 0 Å². The van der Waals surface area contributed by atoms with Crippen LogP contribution in [0.5, 0.6) is 0 Å². The third-order valence-corrected chi connectivity index (χ3v) is 7.30. The lowest BCUT2D eigenvalue weighted by molar-refractivity contribution is -0.141. The molecule has 30 heavy (non-hydrogen) atoms. The number of benzene rings is 2. The van der Waals surface area contributed by atoms with Gasteiger partial charge in [-0.1, -0.05) is 72.4 Å². The zero-order chi connectivity index (χ0) is 21.1. The summed E-state index contributed by atoms with van der Waals surface area (Å²) in [6.07, 6.45) is 2.61. The van der Waals surface area contributed by atoms with Crippen molar-refractivity contribution in [1.82, 2.24) is 9.80 Å². The number of carbonyl (C=O) groups excluding carboxylic acids is 2. The van der Waals surface area contributed by atoms with Gasteiger partial charge in [-0.05, 0) is 37.3 Å². The minimum absolute atomic E-state index is 0.0294. The van der Waals surface area contributed by atoms with Crippen molar-refractivity contribution in [3.63, 3.8) is 0 Å². The largest absolute Gasteiger partial charge is 0.365 e. The zero-order valence-electron chi connectivity index (χ0n) is 17.2. The molecular formula is C24H27N3O2S. The van der Waals surface area contributed by atoms with Gasteiger partial charge in [0.2, 0.25) is 5.91 Å². The van der Waals surface area contributed by atoms with Gasteiger partial charge in [-0.25, -0.2) is 0 Å². The summed E-state index contributed by atoms with van der Waals surface area (Å²) in [5, 5.41) is 0. The fourth-order valence-corrected chi connectivity index (χ4v) is 5.59. The van der Waals surface area contributed by atoms with Crippen LogP contribution in [0.2, 0.25) is 0 Å². The number of carbonyl (C=O) groups is 2. The van der Waals surface area contributed by atoms with Gasteiger partial charge in [0.25, 0.3) is 5.91 Å². The molecule has 2 N–H and O–H groups in total. The maximum atomic E-state index is 13.4. The molecule has 5 nitrogen and oxygen atoms in total. The van der Waals surface area contributed by atoms with Crippen molar-refractivity contribution >= 4 is 23.6 Å².